The minimum absolute atomic E-state index is 0.0782. The molecule has 8 amide bonds. The van der Waals surface area contributed by atoms with Crippen LogP contribution in [0.25, 0.3) is 0 Å². The Balaban J connectivity index is 4.83. The Hall–Kier alpha value is -4.65. The van der Waals surface area contributed by atoms with Gasteiger partial charge in [0.2, 0.25) is 47.1 Å². The second kappa shape index (κ2) is 30.4. The highest BCUT2D eigenvalue weighted by atomic mass is 16.3. The first-order chi connectivity index (χ1) is 27.4. The first-order valence-electron chi connectivity index (χ1n) is 20.4. The number of amides is 8. The highest BCUT2D eigenvalue weighted by Crippen LogP contribution is 2.12. The Morgan fingerprint density at radius 1 is 0.603 bits per heavy atom. The summed E-state index contributed by atoms with van der Waals surface area (Å²) in [7, 11) is 2.46. The minimum atomic E-state index is -1.50. The summed E-state index contributed by atoms with van der Waals surface area (Å²) in [5.74, 6) is -7.10. The number of rotatable bonds is 31. The number of carbonyl (C=O) groups is 9. The molecule has 58 heavy (non-hydrogen) atoms. The van der Waals surface area contributed by atoms with Crippen LogP contribution in [0.5, 0.6) is 0 Å². The van der Waals surface area contributed by atoms with E-state index < -0.39 is 110 Å². The molecule has 0 aliphatic heterocycles. The van der Waals surface area contributed by atoms with Crippen LogP contribution in [0.3, 0.4) is 0 Å². The van der Waals surface area contributed by atoms with Gasteiger partial charge in [0.25, 0.3) is 5.91 Å². The van der Waals surface area contributed by atoms with Crippen molar-refractivity contribution in [1.29, 1.82) is 0 Å². The number of carbonyl (C=O) groups excluding carboxylic acids is 9. The quantitative estimate of drug-likeness (QED) is 0.0304. The lowest BCUT2D eigenvalue weighted by atomic mass is 10.0. The molecule has 9 N–H and O–H groups in total. The number of nitrogens with one attached hydrogen (secondary N) is 7. The standard InChI is InChI=1S/C39H70N8O11/c1-8-9-10-11-12-13-14-15-16-17-18-19-30(50)46-29(24-48)36(55)42-21-31(51)41-23-33(53)47(7)34(27(5)49)38(57)43-22-32(52)45-28(20-25(2)3)37(56)44-26(4)35(54)39(58)40-6/h25-29,34,48-49H,8-24H2,1-7H3,(H,40,58)(H,41,51)(H,42,55)(H,43,57)(H,44,56)(H,45,52)(H,46,50)/t26?,27?,28-,29+,34?/m0/s1. The largest absolute Gasteiger partial charge is 0.394 e. The molecule has 0 aliphatic rings. The number of Topliss-reactive ketones (excluding diaryl/α,β-unsaturated/α-hetero) is 1. The molecule has 0 heterocycles. The third-order valence-electron chi connectivity index (χ3n) is 9.22. The van der Waals surface area contributed by atoms with Gasteiger partial charge < -0.3 is 52.3 Å². The molecule has 0 aromatic rings. The zero-order valence-corrected chi connectivity index (χ0v) is 35.5. The third kappa shape index (κ3) is 22.9. The highest BCUT2D eigenvalue weighted by Gasteiger charge is 2.32. The van der Waals surface area contributed by atoms with Gasteiger partial charge in [-0.1, -0.05) is 85.0 Å². The molecule has 5 atom stereocenters. The van der Waals surface area contributed by atoms with Gasteiger partial charge >= 0.3 is 0 Å². The van der Waals surface area contributed by atoms with E-state index in [0.717, 1.165) is 24.2 Å². The first-order valence-corrected chi connectivity index (χ1v) is 20.4. The van der Waals surface area contributed by atoms with Gasteiger partial charge in [0, 0.05) is 20.5 Å². The molecule has 0 rings (SSSR count). The van der Waals surface area contributed by atoms with Crippen molar-refractivity contribution in [2.75, 3.05) is 40.3 Å². The molecule has 3 unspecified atom stereocenters. The van der Waals surface area contributed by atoms with Gasteiger partial charge in [-0.2, -0.15) is 0 Å². The van der Waals surface area contributed by atoms with Crippen LogP contribution in [-0.2, 0) is 43.2 Å². The van der Waals surface area contributed by atoms with Crippen LogP contribution in [0.15, 0.2) is 0 Å². The molecule has 19 nitrogen and oxygen atoms in total. The number of aliphatic hydroxyl groups excluding tert-OH is 2. The Kier molecular flexibility index (Phi) is 28.0. The predicted molar refractivity (Wildman–Crippen MR) is 215 cm³/mol. The van der Waals surface area contributed by atoms with Crippen molar-refractivity contribution >= 4 is 53.0 Å². The van der Waals surface area contributed by atoms with Gasteiger partial charge in [-0.05, 0) is 32.6 Å². The first kappa shape index (κ1) is 53.4. The van der Waals surface area contributed by atoms with Gasteiger partial charge in [-0.25, -0.2) is 0 Å². The molecule has 0 saturated carbocycles. The lowest BCUT2D eigenvalue weighted by Crippen LogP contribution is -2.57. The zero-order chi connectivity index (χ0) is 44.2. The van der Waals surface area contributed by atoms with Crippen molar-refractivity contribution < 1.29 is 53.4 Å². The van der Waals surface area contributed by atoms with E-state index in [1.807, 2.05) is 0 Å². The second-order valence-corrected chi connectivity index (χ2v) is 14.9. The third-order valence-corrected chi connectivity index (χ3v) is 9.22. The summed E-state index contributed by atoms with van der Waals surface area (Å²) < 4.78 is 0. The summed E-state index contributed by atoms with van der Waals surface area (Å²) in [6.07, 6.45) is 11.3. The lowest BCUT2D eigenvalue weighted by molar-refractivity contribution is -0.143. The van der Waals surface area contributed by atoms with E-state index in [4.69, 9.17) is 0 Å². The maximum atomic E-state index is 13.0. The fourth-order valence-corrected chi connectivity index (χ4v) is 5.86. The Bertz CT molecular complexity index is 1340. The SMILES string of the molecule is CCCCCCCCCCCCCC(=O)N[C@H](CO)C(=O)NCC(=O)NCC(=O)N(C)C(C(=O)NCC(=O)N[C@@H](CC(C)C)C(=O)NC(C)C(=O)C(=O)NC)C(C)O. The van der Waals surface area contributed by atoms with Crippen LogP contribution in [0.4, 0.5) is 0 Å². The number of unbranched alkanes of at least 4 members (excludes halogenated alkanes) is 10. The molecular weight excluding hydrogens is 756 g/mol. The average molecular weight is 827 g/mol. The summed E-state index contributed by atoms with van der Waals surface area (Å²) in [5, 5.41) is 36.3. The number of hydrogen-bond acceptors (Lipinski definition) is 11. The van der Waals surface area contributed by atoms with Crippen molar-refractivity contribution in [3.05, 3.63) is 0 Å². The summed E-state index contributed by atoms with van der Waals surface area (Å²) in [6.45, 7) is 5.78. The normalized spacial score (nSPS) is 13.5. The van der Waals surface area contributed by atoms with Gasteiger partial charge in [-0.3, -0.25) is 43.2 Å². The molecule has 0 fully saturated rings. The Morgan fingerprint density at radius 2 is 1.12 bits per heavy atom. The fourth-order valence-electron chi connectivity index (χ4n) is 5.86. The van der Waals surface area contributed by atoms with Gasteiger partial charge in [0.05, 0.1) is 38.4 Å². The molecule has 332 valence electrons. The van der Waals surface area contributed by atoms with Crippen molar-refractivity contribution in [3.8, 4) is 0 Å². The lowest BCUT2D eigenvalue weighted by Gasteiger charge is -2.29. The number of aliphatic hydroxyl groups is 2. The molecule has 0 aromatic carbocycles. The van der Waals surface area contributed by atoms with E-state index in [1.165, 1.54) is 72.9 Å². The molecule has 0 bridgehead atoms. The predicted octanol–water partition coefficient (Wildman–Crippen LogP) is -0.928. The zero-order valence-electron chi connectivity index (χ0n) is 35.5. The van der Waals surface area contributed by atoms with Crippen molar-refractivity contribution in [1.82, 2.24) is 42.1 Å². The van der Waals surface area contributed by atoms with Crippen molar-refractivity contribution in [3.63, 3.8) is 0 Å². The second-order valence-electron chi connectivity index (χ2n) is 14.9. The monoisotopic (exact) mass is 827 g/mol. The molecule has 0 saturated heterocycles. The molecule has 0 aliphatic carbocycles. The summed E-state index contributed by atoms with van der Waals surface area (Å²) in [4.78, 5) is 113. The average Bonchev–Trinajstić information content (AvgIpc) is 3.17. The maximum absolute atomic E-state index is 13.0. The van der Waals surface area contributed by atoms with Gasteiger partial charge in [0.15, 0.2) is 0 Å². The van der Waals surface area contributed by atoms with Gasteiger partial charge in [-0.15, -0.1) is 0 Å². The van der Waals surface area contributed by atoms with E-state index in [2.05, 4.69) is 44.1 Å². The van der Waals surface area contributed by atoms with Crippen LogP contribution >= 0.6 is 0 Å². The van der Waals surface area contributed by atoms with E-state index in [-0.39, 0.29) is 18.8 Å². The Morgan fingerprint density at radius 3 is 1.64 bits per heavy atom. The van der Waals surface area contributed by atoms with Crippen LogP contribution in [0.2, 0.25) is 0 Å². The van der Waals surface area contributed by atoms with E-state index in [1.54, 1.807) is 13.8 Å². The van der Waals surface area contributed by atoms with Crippen molar-refractivity contribution in [2.24, 2.45) is 5.92 Å². The molecule has 19 heteroatoms. The van der Waals surface area contributed by atoms with E-state index in [9.17, 15) is 53.4 Å². The van der Waals surface area contributed by atoms with Crippen LogP contribution < -0.4 is 37.2 Å². The molecule has 0 spiro atoms. The number of likely N-dealkylation sites (N-methyl/N-ethyl adjacent to an activating group) is 2. The number of ketones is 1. The van der Waals surface area contributed by atoms with Crippen LogP contribution in [-0.4, -0.2) is 139 Å². The highest BCUT2D eigenvalue weighted by molar-refractivity contribution is 6.38. The van der Waals surface area contributed by atoms with E-state index >= 15 is 0 Å². The summed E-state index contributed by atoms with van der Waals surface area (Å²) in [5.41, 5.74) is 0. The molecule has 0 radical (unpaired) electrons. The Labute approximate surface area is 342 Å². The molecular formula is C39H70N8O11. The smallest absolute Gasteiger partial charge is 0.289 e. The molecule has 0 aromatic heterocycles. The van der Waals surface area contributed by atoms with Gasteiger partial charge in [0.1, 0.15) is 18.1 Å². The minimum Gasteiger partial charge on any atom is -0.394 e. The number of nitrogens with zero attached hydrogens (tertiary/aromatic N) is 1. The fraction of sp³-hybridized carbons (Fsp3) is 0.769. The van der Waals surface area contributed by atoms with Crippen LogP contribution in [0, 0.1) is 5.92 Å². The summed E-state index contributed by atoms with van der Waals surface area (Å²) in [6, 6.07) is -5.07. The number of hydrogen-bond donors (Lipinski definition) is 9. The summed E-state index contributed by atoms with van der Waals surface area (Å²) >= 11 is 0. The van der Waals surface area contributed by atoms with E-state index in [0.29, 0.717) is 6.42 Å². The van der Waals surface area contributed by atoms with Crippen LogP contribution in [0.1, 0.15) is 118 Å². The van der Waals surface area contributed by atoms with Crippen molar-refractivity contribution in [2.45, 2.75) is 148 Å². The maximum Gasteiger partial charge on any atom is 0.289 e. The topological polar surface area (TPSA) is 282 Å².